The van der Waals surface area contributed by atoms with Crippen LogP contribution in [-0.4, -0.2) is 8.42 Å². The van der Waals surface area contributed by atoms with E-state index in [0.717, 1.165) is 12.1 Å². The minimum Gasteiger partial charge on any atom is -0.371 e. The van der Waals surface area contributed by atoms with Crippen LogP contribution < -0.4 is 9.32 Å². The van der Waals surface area contributed by atoms with E-state index in [-0.39, 0.29) is 10.8 Å². The third kappa shape index (κ3) is 3.17. The number of hydrogen-bond donors (Lipinski definition) is 1. The smallest absolute Gasteiger partial charge is 0.371 e. The van der Waals surface area contributed by atoms with Crippen LogP contribution in [0, 0.1) is 5.82 Å². The van der Waals surface area contributed by atoms with Gasteiger partial charge in [-0.25, -0.2) is 4.39 Å². The first-order chi connectivity index (χ1) is 5.88. The maximum Gasteiger partial charge on any atom is 0.380 e. The van der Waals surface area contributed by atoms with E-state index in [1.807, 2.05) is 0 Å². The first-order valence-electron chi connectivity index (χ1n) is 3.06. The van der Waals surface area contributed by atoms with E-state index < -0.39 is 16.1 Å². The van der Waals surface area contributed by atoms with Crippen molar-refractivity contribution < 1.29 is 17.0 Å². The Kier molecular flexibility index (Phi) is 2.74. The molecular weight excluding hydrogens is 221 g/mol. The minimum atomic E-state index is -4.12. The van der Waals surface area contributed by atoms with Gasteiger partial charge < -0.3 is 4.18 Å². The Labute approximate surface area is 79.3 Å². The van der Waals surface area contributed by atoms with Crippen LogP contribution in [0.1, 0.15) is 0 Å². The molecule has 0 aromatic heterocycles. The Balaban J connectivity index is 2.99. The standard InChI is InChI=1S/C6H5ClFNO3S/c7-5-2-1-4(3-6(5)8)12-13(9,10)11/h1-3H,(H2,9,10,11). The fourth-order valence-corrected chi connectivity index (χ4v) is 1.15. The Bertz CT molecular complexity index is 420. The highest BCUT2D eigenvalue weighted by atomic mass is 35.5. The summed E-state index contributed by atoms with van der Waals surface area (Å²) in [4.78, 5) is 0. The molecule has 0 saturated carbocycles. The van der Waals surface area contributed by atoms with Gasteiger partial charge in [0.25, 0.3) is 0 Å². The molecule has 0 aliphatic carbocycles. The van der Waals surface area contributed by atoms with Crippen molar-refractivity contribution in [2.45, 2.75) is 0 Å². The molecule has 0 aliphatic rings. The van der Waals surface area contributed by atoms with Gasteiger partial charge in [0.1, 0.15) is 11.6 Å². The first kappa shape index (κ1) is 10.2. The predicted molar refractivity (Wildman–Crippen MR) is 45.1 cm³/mol. The fourth-order valence-electron chi connectivity index (χ4n) is 0.663. The molecule has 7 heteroatoms. The summed E-state index contributed by atoms with van der Waals surface area (Å²) in [5.41, 5.74) is 0. The van der Waals surface area contributed by atoms with Crippen molar-refractivity contribution in [3.8, 4) is 5.75 Å². The molecular formula is C6H5ClFNO3S. The second-order valence-electron chi connectivity index (χ2n) is 2.15. The highest BCUT2D eigenvalue weighted by Crippen LogP contribution is 2.20. The molecule has 13 heavy (non-hydrogen) atoms. The van der Waals surface area contributed by atoms with Crippen LogP contribution in [0.3, 0.4) is 0 Å². The lowest BCUT2D eigenvalue weighted by atomic mass is 10.3. The fraction of sp³-hybridized carbons (Fsp3) is 0. The molecule has 0 unspecified atom stereocenters. The van der Waals surface area contributed by atoms with Crippen molar-refractivity contribution in [2.24, 2.45) is 5.14 Å². The van der Waals surface area contributed by atoms with Crippen molar-refractivity contribution >= 4 is 21.9 Å². The first-order valence-corrected chi connectivity index (χ1v) is 4.91. The van der Waals surface area contributed by atoms with Gasteiger partial charge in [0.15, 0.2) is 0 Å². The zero-order valence-corrected chi connectivity index (χ0v) is 7.77. The molecule has 4 nitrogen and oxygen atoms in total. The number of benzene rings is 1. The molecule has 1 rings (SSSR count). The van der Waals surface area contributed by atoms with Gasteiger partial charge in [-0.3, -0.25) is 0 Å². The van der Waals surface area contributed by atoms with E-state index in [4.69, 9.17) is 11.6 Å². The van der Waals surface area contributed by atoms with Gasteiger partial charge in [0, 0.05) is 6.07 Å². The maximum atomic E-state index is 12.7. The molecule has 0 saturated heterocycles. The summed E-state index contributed by atoms with van der Waals surface area (Å²) in [7, 11) is -4.12. The quantitative estimate of drug-likeness (QED) is 0.818. The SMILES string of the molecule is NS(=O)(=O)Oc1ccc(Cl)c(F)c1. The molecule has 0 fully saturated rings. The molecule has 1 aromatic rings. The van der Waals surface area contributed by atoms with Crippen molar-refractivity contribution in [3.63, 3.8) is 0 Å². The van der Waals surface area contributed by atoms with Crippen LogP contribution in [-0.2, 0) is 10.3 Å². The lowest BCUT2D eigenvalue weighted by Gasteiger charge is -2.02. The molecule has 0 amide bonds. The van der Waals surface area contributed by atoms with Gasteiger partial charge in [-0.15, -0.1) is 0 Å². The lowest BCUT2D eigenvalue weighted by molar-refractivity contribution is 0.485. The topological polar surface area (TPSA) is 69.4 Å². The largest absolute Gasteiger partial charge is 0.380 e. The Morgan fingerprint density at radius 2 is 2.08 bits per heavy atom. The van der Waals surface area contributed by atoms with Gasteiger partial charge in [0.2, 0.25) is 0 Å². The maximum absolute atomic E-state index is 12.7. The number of halogens is 2. The molecule has 0 spiro atoms. The van der Waals surface area contributed by atoms with E-state index in [0.29, 0.717) is 0 Å². The molecule has 1 aromatic carbocycles. The third-order valence-corrected chi connectivity index (χ3v) is 1.83. The normalized spacial score (nSPS) is 11.3. The van der Waals surface area contributed by atoms with Gasteiger partial charge in [0.05, 0.1) is 5.02 Å². The lowest BCUT2D eigenvalue weighted by Crippen LogP contribution is -2.18. The highest BCUT2D eigenvalue weighted by Gasteiger charge is 2.07. The van der Waals surface area contributed by atoms with Crippen molar-refractivity contribution in [1.29, 1.82) is 0 Å². The van der Waals surface area contributed by atoms with Crippen LogP contribution in [0.4, 0.5) is 4.39 Å². The van der Waals surface area contributed by atoms with Gasteiger partial charge in [-0.1, -0.05) is 11.6 Å². The second-order valence-corrected chi connectivity index (χ2v) is 3.71. The summed E-state index contributed by atoms with van der Waals surface area (Å²) in [5, 5.41) is 4.43. The summed E-state index contributed by atoms with van der Waals surface area (Å²) in [5.74, 6) is -0.993. The predicted octanol–water partition coefficient (Wildman–Crippen LogP) is 1.06. The van der Waals surface area contributed by atoms with Gasteiger partial charge in [-0.05, 0) is 12.1 Å². The van der Waals surface area contributed by atoms with Gasteiger partial charge in [-0.2, -0.15) is 13.6 Å². The average molecular weight is 226 g/mol. The Morgan fingerprint density at radius 3 is 2.54 bits per heavy atom. The number of rotatable bonds is 2. The Hall–Kier alpha value is -0.850. The molecule has 0 bridgehead atoms. The van der Waals surface area contributed by atoms with E-state index in [1.54, 1.807) is 0 Å². The van der Waals surface area contributed by atoms with Crippen molar-refractivity contribution in [3.05, 3.63) is 29.0 Å². The Morgan fingerprint density at radius 1 is 1.46 bits per heavy atom. The number of nitrogens with two attached hydrogens (primary N) is 1. The van der Waals surface area contributed by atoms with Crippen LogP contribution in [0.2, 0.25) is 5.02 Å². The van der Waals surface area contributed by atoms with E-state index in [9.17, 15) is 12.8 Å². The van der Waals surface area contributed by atoms with Crippen LogP contribution in [0.5, 0.6) is 5.75 Å². The van der Waals surface area contributed by atoms with E-state index in [1.165, 1.54) is 6.07 Å². The van der Waals surface area contributed by atoms with E-state index >= 15 is 0 Å². The molecule has 2 N–H and O–H groups in total. The number of hydrogen-bond acceptors (Lipinski definition) is 3. The zero-order chi connectivity index (χ0) is 10.1. The summed E-state index contributed by atoms with van der Waals surface area (Å²) >= 11 is 5.34. The van der Waals surface area contributed by atoms with E-state index in [2.05, 4.69) is 9.32 Å². The molecule has 0 heterocycles. The summed E-state index contributed by atoms with van der Waals surface area (Å²) in [6, 6.07) is 3.18. The molecule has 0 radical (unpaired) electrons. The molecule has 0 atom stereocenters. The summed E-state index contributed by atoms with van der Waals surface area (Å²) in [6.07, 6.45) is 0. The summed E-state index contributed by atoms with van der Waals surface area (Å²) < 4.78 is 37.7. The minimum absolute atomic E-state index is 0.123. The van der Waals surface area contributed by atoms with Gasteiger partial charge >= 0.3 is 10.3 Å². The monoisotopic (exact) mass is 225 g/mol. The zero-order valence-electron chi connectivity index (χ0n) is 6.20. The van der Waals surface area contributed by atoms with Crippen LogP contribution >= 0.6 is 11.6 Å². The third-order valence-electron chi connectivity index (χ3n) is 1.10. The van der Waals surface area contributed by atoms with Crippen LogP contribution in [0.15, 0.2) is 18.2 Å². The summed E-state index contributed by atoms with van der Waals surface area (Å²) in [6.45, 7) is 0. The van der Waals surface area contributed by atoms with Crippen LogP contribution in [0.25, 0.3) is 0 Å². The molecule has 72 valence electrons. The highest BCUT2D eigenvalue weighted by molar-refractivity contribution is 7.84. The average Bonchev–Trinajstić information content (AvgIpc) is 1.94. The molecule has 0 aliphatic heterocycles. The second kappa shape index (κ2) is 3.49. The van der Waals surface area contributed by atoms with Crippen molar-refractivity contribution in [2.75, 3.05) is 0 Å². The van der Waals surface area contributed by atoms with Crippen molar-refractivity contribution in [1.82, 2.24) is 0 Å².